The van der Waals surface area contributed by atoms with E-state index < -0.39 is 5.91 Å². The van der Waals surface area contributed by atoms with E-state index >= 15 is 0 Å². The van der Waals surface area contributed by atoms with Crippen molar-refractivity contribution in [1.29, 1.82) is 0 Å². The minimum absolute atomic E-state index is 0.00972. The summed E-state index contributed by atoms with van der Waals surface area (Å²) in [6.07, 6.45) is 2.18. The summed E-state index contributed by atoms with van der Waals surface area (Å²) in [5, 5.41) is 3.15. The minimum Gasteiger partial charge on any atom is -0.379 e. The number of carbonyl (C=O) groups is 2. The van der Waals surface area contributed by atoms with Gasteiger partial charge in [0.1, 0.15) is 0 Å². The molecule has 2 atom stereocenters. The number of nitrogens with zero attached hydrogens (tertiary/aromatic N) is 2. The Morgan fingerprint density at radius 1 is 1.06 bits per heavy atom. The van der Waals surface area contributed by atoms with Crippen LogP contribution in [-0.4, -0.2) is 99.9 Å². The lowest BCUT2D eigenvalue weighted by molar-refractivity contribution is -0.130. The molecule has 0 spiro atoms. The second-order valence-electron chi connectivity index (χ2n) is 8.75. The van der Waals surface area contributed by atoms with E-state index in [1.54, 1.807) is 12.1 Å². The van der Waals surface area contributed by atoms with Crippen molar-refractivity contribution in [3.05, 3.63) is 35.4 Å². The van der Waals surface area contributed by atoms with E-state index in [0.717, 1.165) is 64.3 Å². The maximum Gasteiger partial charge on any atom is 0.248 e. The first-order chi connectivity index (χ1) is 16.1. The van der Waals surface area contributed by atoms with Crippen molar-refractivity contribution >= 4 is 11.8 Å². The van der Waals surface area contributed by atoms with E-state index in [2.05, 4.69) is 15.1 Å². The predicted molar refractivity (Wildman–Crippen MR) is 127 cm³/mol. The van der Waals surface area contributed by atoms with Crippen LogP contribution in [0.15, 0.2) is 24.3 Å². The smallest absolute Gasteiger partial charge is 0.248 e. The van der Waals surface area contributed by atoms with Crippen LogP contribution in [0.3, 0.4) is 0 Å². The summed E-state index contributed by atoms with van der Waals surface area (Å²) in [6.45, 7) is 8.29. The topological polar surface area (TPSA) is 123 Å². The van der Waals surface area contributed by atoms with Gasteiger partial charge in [0.2, 0.25) is 11.8 Å². The van der Waals surface area contributed by atoms with Gasteiger partial charge in [-0.2, -0.15) is 0 Å². The Kier molecular flexibility index (Phi) is 10.6. The number of nitrogens with two attached hydrogens (primary N) is 2. The molecule has 1 aromatic carbocycles. The first-order valence-corrected chi connectivity index (χ1v) is 12.1. The highest BCUT2D eigenvalue weighted by Gasteiger charge is 2.35. The van der Waals surface area contributed by atoms with E-state index in [1.807, 2.05) is 12.1 Å². The highest BCUT2D eigenvalue weighted by molar-refractivity contribution is 5.94. The van der Waals surface area contributed by atoms with Gasteiger partial charge in [-0.1, -0.05) is 18.2 Å². The van der Waals surface area contributed by atoms with Gasteiger partial charge in [-0.3, -0.25) is 19.4 Å². The first kappa shape index (κ1) is 25.6. The lowest BCUT2D eigenvalue weighted by Gasteiger charge is -2.40. The number of hydrogen-bond acceptors (Lipinski definition) is 7. The van der Waals surface area contributed by atoms with Gasteiger partial charge in [0.15, 0.2) is 0 Å². The number of hydrogen-bond donors (Lipinski definition) is 3. The molecule has 0 bridgehead atoms. The molecule has 0 aliphatic carbocycles. The first-order valence-electron chi connectivity index (χ1n) is 12.1. The van der Waals surface area contributed by atoms with Gasteiger partial charge in [-0.05, 0) is 50.5 Å². The zero-order valence-electron chi connectivity index (χ0n) is 19.5. The molecule has 2 heterocycles. The number of benzene rings is 1. The van der Waals surface area contributed by atoms with Crippen LogP contribution in [0.25, 0.3) is 0 Å². The summed E-state index contributed by atoms with van der Waals surface area (Å²) in [5.74, 6) is -0.841. The fraction of sp³-hybridized carbons (Fsp3) is 0.667. The Labute approximate surface area is 196 Å². The number of primary amides is 1. The van der Waals surface area contributed by atoms with E-state index in [9.17, 15) is 9.59 Å². The Hall–Kier alpha value is -2.04. The fourth-order valence-electron chi connectivity index (χ4n) is 4.65. The molecule has 2 aliphatic rings. The second kappa shape index (κ2) is 13.6. The Morgan fingerprint density at radius 3 is 2.58 bits per heavy atom. The van der Waals surface area contributed by atoms with Crippen LogP contribution in [0, 0.1) is 5.92 Å². The molecule has 2 aliphatic heterocycles. The number of ether oxygens (including phenoxy) is 2. The SMILES string of the molecule is NCCCN1CCOCC1C(Cc1ccccc1C(N)=O)C(=O)NCCCN1CCOCC1. The van der Waals surface area contributed by atoms with Gasteiger partial charge < -0.3 is 26.3 Å². The van der Waals surface area contributed by atoms with Crippen LogP contribution in [0.4, 0.5) is 0 Å². The van der Waals surface area contributed by atoms with Gasteiger partial charge in [-0.25, -0.2) is 0 Å². The Bertz CT molecular complexity index is 756. The van der Waals surface area contributed by atoms with Crippen molar-refractivity contribution in [2.24, 2.45) is 17.4 Å². The summed E-state index contributed by atoms with van der Waals surface area (Å²) in [7, 11) is 0. The number of rotatable bonds is 12. The van der Waals surface area contributed by atoms with E-state index in [4.69, 9.17) is 20.9 Å². The molecule has 2 fully saturated rings. The number of nitrogens with one attached hydrogen (secondary N) is 1. The summed E-state index contributed by atoms with van der Waals surface area (Å²) < 4.78 is 11.2. The highest BCUT2D eigenvalue weighted by atomic mass is 16.5. The van der Waals surface area contributed by atoms with E-state index in [0.29, 0.717) is 38.3 Å². The fourth-order valence-corrected chi connectivity index (χ4v) is 4.65. The molecule has 0 saturated carbocycles. The van der Waals surface area contributed by atoms with Crippen LogP contribution in [0.1, 0.15) is 28.8 Å². The molecule has 184 valence electrons. The minimum atomic E-state index is -0.477. The molecule has 9 nitrogen and oxygen atoms in total. The van der Waals surface area contributed by atoms with Crippen LogP contribution in [-0.2, 0) is 20.7 Å². The molecule has 2 amide bonds. The monoisotopic (exact) mass is 461 g/mol. The summed E-state index contributed by atoms with van der Waals surface area (Å²) in [4.78, 5) is 30.1. The van der Waals surface area contributed by atoms with Crippen molar-refractivity contribution in [3.63, 3.8) is 0 Å². The molecule has 1 aromatic rings. The van der Waals surface area contributed by atoms with Crippen molar-refractivity contribution in [2.75, 3.05) is 72.2 Å². The molecule has 33 heavy (non-hydrogen) atoms. The second-order valence-corrected chi connectivity index (χ2v) is 8.75. The van der Waals surface area contributed by atoms with Gasteiger partial charge in [0, 0.05) is 37.8 Å². The molecule has 0 radical (unpaired) electrons. The van der Waals surface area contributed by atoms with Crippen LogP contribution >= 0.6 is 0 Å². The van der Waals surface area contributed by atoms with Gasteiger partial charge in [-0.15, -0.1) is 0 Å². The average molecular weight is 462 g/mol. The molecule has 2 unspecified atom stereocenters. The lowest BCUT2D eigenvalue weighted by atomic mass is 9.87. The molecule has 0 aromatic heterocycles. The van der Waals surface area contributed by atoms with Crippen molar-refractivity contribution in [3.8, 4) is 0 Å². The highest BCUT2D eigenvalue weighted by Crippen LogP contribution is 2.23. The maximum atomic E-state index is 13.4. The van der Waals surface area contributed by atoms with Crippen molar-refractivity contribution in [1.82, 2.24) is 15.1 Å². The Balaban J connectivity index is 1.68. The lowest BCUT2D eigenvalue weighted by Crippen LogP contribution is -2.54. The maximum absolute atomic E-state index is 13.4. The normalized spacial score (nSPS) is 20.9. The summed E-state index contributed by atoms with van der Waals surface area (Å²) >= 11 is 0. The van der Waals surface area contributed by atoms with E-state index in [1.165, 1.54) is 0 Å². The van der Waals surface area contributed by atoms with Gasteiger partial charge >= 0.3 is 0 Å². The third kappa shape index (κ3) is 7.75. The third-order valence-corrected chi connectivity index (χ3v) is 6.51. The summed E-state index contributed by atoms with van der Waals surface area (Å²) in [5.41, 5.74) is 12.6. The standard InChI is InChI=1S/C24H39N5O4/c25-7-3-10-29-13-16-33-18-22(29)21(17-19-5-1-2-6-20(19)23(26)30)24(31)27-8-4-9-28-11-14-32-15-12-28/h1-2,5-6,21-22H,3-4,7-18,25H2,(H2,26,30)(H,27,31). The third-order valence-electron chi connectivity index (χ3n) is 6.51. The van der Waals surface area contributed by atoms with Crippen LogP contribution in [0.5, 0.6) is 0 Å². The van der Waals surface area contributed by atoms with Crippen LogP contribution in [0.2, 0.25) is 0 Å². The number of amides is 2. The Morgan fingerprint density at radius 2 is 1.82 bits per heavy atom. The van der Waals surface area contributed by atoms with Gasteiger partial charge in [0.05, 0.1) is 32.3 Å². The number of carbonyl (C=O) groups excluding carboxylic acids is 2. The van der Waals surface area contributed by atoms with Gasteiger partial charge in [0.25, 0.3) is 0 Å². The summed E-state index contributed by atoms with van der Waals surface area (Å²) in [6, 6.07) is 7.19. The number of morpholine rings is 2. The zero-order chi connectivity index (χ0) is 23.5. The zero-order valence-corrected chi connectivity index (χ0v) is 19.5. The van der Waals surface area contributed by atoms with Crippen molar-refractivity contribution in [2.45, 2.75) is 25.3 Å². The molecule has 5 N–H and O–H groups in total. The molecular formula is C24H39N5O4. The van der Waals surface area contributed by atoms with Crippen LogP contribution < -0.4 is 16.8 Å². The van der Waals surface area contributed by atoms with Crippen molar-refractivity contribution < 1.29 is 19.1 Å². The quantitative estimate of drug-likeness (QED) is 0.369. The largest absolute Gasteiger partial charge is 0.379 e. The molecule has 3 rings (SSSR count). The predicted octanol–water partition coefficient (Wildman–Crippen LogP) is -0.168. The molecular weight excluding hydrogens is 422 g/mol. The van der Waals surface area contributed by atoms with E-state index in [-0.39, 0.29) is 17.9 Å². The molecule has 2 saturated heterocycles. The molecule has 9 heteroatoms. The average Bonchev–Trinajstić information content (AvgIpc) is 2.85.